The summed E-state index contributed by atoms with van der Waals surface area (Å²) in [6.45, 7) is 8.62. The van der Waals surface area contributed by atoms with Crippen molar-refractivity contribution in [2.24, 2.45) is 0 Å². The van der Waals surface area contributed by atoms with Gasteiger partial charge >= 0.3 is 0 Å². The molecular formula is C44H36N2. The summed E-state index contributed by atoms with van der Waals surface area (Å²) in [6.07, 6.45) is 0. The van der Waals surface area contributed by atoms with Crippen molar-refractivity contribution in [3.63, 3.8) is 0 Å². The molecule has 0 aliphatic carbocycles. The van der Waals surface area contributed by atoms with Gasteiger partial charge in [0, 0.05) is 22.3 Å². The van der Waals surface area contributed by atoms with Crippen molar-refractivity contribution < 1.29 is 0 Å². The molecule has 7 aromatic rings. The third-order valence-corrected chi connectivity index (χ3v) is 8.72. The molecule has 1 heterocycles. The molecule has 222 valence electrons. The summed E-state index contributed by atoms with van der Waals surface area (Å²) < 4.78 is 0. The minimum atomic E-state index is 0.869. The molecule has 6 aromatic carbocycles. The monoisotopic (exact) mass is 592 g/mol. The molecule has 0 spiro atoms. The largest absolute Gasteiger partial charge is 0.243 e. The van der Waals surface area contributed by atoms with E-state index in [1.54, 1.807) is 0 Å². The molecule has 0 unspecified atom stereocenters. The molecule has 46 heavy (non-hydrogen) atoms. The smallest absolute Gasteiger partial charge is 0.0973 e. The highest BCUT2D eigenvalue weighted by Crippen LogP contribution is 2.38. The molecule has 0 aliphatic heterocycles. The Morgan fingerprint density at radius 3 is 0.957 bits per heavy atom. The second kappa shape index (κ2) is 12.4. The van der Waals surface area contributed by atoms with E-state index >= 15 is 0 Å². The van der Waals surface area contributed by atoms with Crippen LogP contribution in [-0.2, 0) is 0 Å². The molecule has 0 atom stereocenters. The molecule has 0 aliphatic rings. The van der Waals surface area contributed by atoms with Crippen molar-refractivity contribution in [1.82, 2.24) is 9.97 Å². The molecule has 0 amide bonds. The Hall–Kier alpha value is -5.60. The summed E-state index contributed by atoms with van der Waals surface area (Å²) in [5, 5.41) is 0. The summed E-state index contributed by atoms with van der Waals surface area (Å²) in [7, 11) is 0. The summed E-state index contributed by atoms with van der Waals surface area (Å²) in [5.74, 6) is 0. The van der Waals surface area contributed by atoms with E-state index in [1.807, 2.05) is 12.1 Å². The summed E-state index contributed by atoms with van der Waals surface area (Å²) in [4.78, 5) is 10.9. The fourth-order valence-electron chi connectivity index (χ4n) is 6.14. The van der Waals surface area contributed by atoms with E-state index in [0.29, 0.717) is 0 Å². The predicted octanol–water partition coefficient (Wildman–Crippen LogP) is 11.7. The maximum atomic E-state index is 5.44. The fourth-order valence-corrected chi connectivity index (χ4v) is 6.14. The molecule has 0 bridgehead atoms. The normalized spacial score (nSPS) is 11.0. The van der Waals surface area contributed by atoms with Crippen LogP contribution in [0.4, 0.5) is 0 Å². The first kappa shape index (κ1) is 29.1. The lowest BCUT2D eigenvalue weighted by atomic mass is 9.95. The summed E-state index contributed by atoms with van der Waals surface area (Å²) in [6, 6.07) is 51.6. The Balaban J connectivity index is 1.40. The van der Waals surface area contributed by atoms with Gasteiger partial charge in [-0.1, -0.05) is 157 Å². The Bertz CT molecular complexity index is 1990. The van der Waals surface area contributed by atoms with E-state index in [0.717, 1.165) is 45.0 Å². The molecular weight excluding hydrogens is 556 g/mol. The van der Waals surface area contributed by atoms with Gasteiger partial charge in [-0.05, 0) is 61.1 Å². The summed E-state index contributed by atoms with van der Waals surface area (Å²) >= 11 is 0. The highest BCUT2D eigenvalue weighted by molar-refractivity contribution is 5.87. The van der Waals surface area contributed by atoms with Gasteiger partial charge in [0.25, 0.3) is 0 Å². The zero-order chi connectivity index (χ0) is 31.6. The van der Waals surface area contributed by atoms with Crippen LogP contribution in [0, 0.1) is 27.7 Å². The van der Waals surface area contributed by atoms with E-state index in [2.05, 4.69) is 161 Å². The number of aryl methyl sites for hydroxylation is 4. The van der Waals surface area contributed by atoms with Crippen molar-refractivity contribution >= 4 is 0 Å². The molecule has 0 N–H and O–H groups in total. The number of hydrogen-bond donors (Lipinski definition) is 0. The van der Waals surface area contributed by atoms with Gasteiger partial charge in [-0.15, -0.1) is 0 Å². The molecule has 0 radical (unpaired) electrons. The van der Waals surface area contributed by atoms with E-state index in [4.69, 9.17) is 9.97 Å². The predicted molar refractivity (Wildman–Crippen MR) is 194 cm³/mol. The molecule has 7 rings (SSSR count). The Morgan fingerprint density at radius 2 is 0.609 bits per heavy atom. The van der Waals surface area contributed by atoms with Crippen LogP contribution in [0.15, 0.2) is 146 Å². The number of hydrogen-bond acceptors (Lipinski definition) is 2. The topological polar surface area (TPSA) is 25.8 Å². The number of benzene rings is 6. The molecule has 1 aromatic heterocycles. The standard InChI is InChI=1S/C44H36N2/c1-29-15-17-31(3)39(27-29)33-19-23-37(24-20-33)43-41(35-11-7-5-8-12-35)46-44(42(45-43)36-13-9-6-10-14-36)38-25-21-34(22-26-38)40-28-30(2)16-18-32(40)4/h5-28H,1-4H3. The van der Waals surface area contributed by atoms with Gasteiger partial charge in [0.05, 0.1) is 22.8 Å². The lowest BCUT2D eigenvalue weighted by Gasteiger charge is -2.17. The fraction of sp³-hybridized carbons (Fsp3) is 0.0909. The molecule has 0 saturated carbocycles. The maximum Gasteiger partial charge on any atom is 0.0973 e. The number of rotatable bonds is 6. The quantitative estimate of drug-likeness (QED) is 0.192. The molecule has 2 heteroatoms. The van der Waals surface area contributed by atoms with Crippen LogP contribution in [0.5, 0.6) is 0 Å². The lowest BCUT2D eigenvalue weighted by molar-refractivity contribution is 1.21. The minimum absolute atomic E-state index is 0.869. The number of aromatic nitrogens is 2. The van der Waals surface area contributed by atoms with E-state index < -0.39 is 0 Å². The van der Waals surface area contributed by atoms with Gasteiger partial charge in [-0.25, -0.2) is 9.97 Å². The second-order valence-corrected chi connectivity index (χ2v) is 12.1. The summed E-state index contributed by atoms with van der Waals surface area (Å²) in [5.41, 5.74) is 17.6. The van der Waals surface area contributed by atoms with Crippen LogP contribution in [-0.4, -0.2) is 9.97 Å². The maximum absolute atomic E-state index is 5.44. The average Bonchev–Trinajstić information content (AvgIpc) is 3.11. The SMILES string of the molecule is Cc1ccc(C)c(-c2ccc(-c3nc(-c4ccccc4)c(-c4ccc(-c5cc(C)ccc5C)cc4)nc3-c3ccccc3)cc2)c1. The minimum Gasteiger partial charge on any atom is -0.243 e. The Morgan fingerprint density at radius 1 is 0.304 bits per heavy atom. The van der Waals surface area contributed by atoms with Crippen molar-refractivity contribution in [2.75, 3.05) is 0 Å². The zero-order valence-corrected chi connectivity index (χ0v) is 26.8. The average molecular weight is 593 g/mol. The first-order chi connectivity index (χ1) is 22.4. The van der Waals surface area contributed by atoms with E-state index in [-0.39, 0.29) is 0 Å². The van der Waals surface area contributed by atoms with E-state index in [9.17, 15) is 0 Å². The highest BCUT2D eigenvalue weighted by Gasteiger charge is 2.20. The van der Waals surface area contributed by atoms with Crippen LogP contribution < -0.4 is 0 Å². The zero-order valence-electron chi connectivity index (χ0n) is 26.8. The Labute approximate surface area is 272 Å². The van der Waals surface area contributed by atoms with E-state index in [1.165, 1.54) is 44.5 Å². The van der Waals surface area contributed by atoms with Crippen LogP contribution in [0.1, 0.15) is 22.3 Å². The molecule has 0 saturated heterocycles. The van der Waals surface area contributed by atoms with Crippen LogP contribution >= 0.6 is 0 Å². The number of nitrogens with zero attached hydrogens (tertiary/aromatic N) is 2. The van der Waals surface area contributed by atoms with Gasteiger partial charge < -0.3 is 0 Å². The van der Waals surface area contributed by atoms with Gasteiger partial charge in [0.2, 0.25) is 0 Å². The first-order valence-corrected chi connectivity index (χ1v) is 15.8. The van der Waals surface area contributed by atoms with Crippen LogP contribution in [0.25, 0.3) is 67.3 Å². The van der Waals surface area contributed by atoms with Gasteiger partial charge in [-0.2, -0.15) is 0 Å². The van der Waals surface area contributed by atoms with Crippen LogP contribution in [0.2, 0.25) is 0 Å². The molecule has 0 fully saturated rings. The molecule has 2 nitrogen and oxygen atoms in total. The van der Waals surface area contributed by atoms with Gasteiger partial charge in [0.15, 0.2) is 0 Å². The third-order valence-electron chi connectivity index (χ3n) is 8.72. The van der Waals surface area contributed by atoms with Crippen molar-refractivity contribution in [2.45, 2.75) is 27.7 Å². The third kappa shape index (κ3) is 5.78. The Kier molecular flexibility index (Phi) is 7.86. The second-order valence-electron chi connectivity index (χ2n) is 12.1. The lowest BCUT2D eigenvalue weighted by Crippen LogP contribution is -2.01. The van der Waals surface area contributed by atoms with Crippen molar-refractivity contribution in [3.05, 3.63) is 168 Å². The van der Waals surface area contributed by atoms with Crippen LogP contribution in [0.3, 0.4) is 0 Å². The van der Waals surface area contributed by atoms with Crippen molar-refractivity contribution in [1.29, 1.82) is 0 Å². The van der Waals surface area contributed by atoms with Gasteiger partial charge in [0.1, 0.15) is 0 Å². The first-order valence-electron chi connectivity index (χ1n) is 15.8. The highest BCUT2D eigenvalue weighted by atomic mass is 14.9. The van der Waals surface area contributed by atoms with Crippen molar-refractivity contribution in [3.8, 4) is 67.3 Å². The van der Waals surface area contributed by atoms with Gasteiger partial charge in [-0.3, -0.25) is 0 Å².